The fraction of sp³-hybridized carbons (Fsp3) is 0.929. The van der Waals surface area contributed by atoms with Crippen LogP contribution in [0, 0.1) is 5.92 Å². The smallest absolute Gasteiger partial charge is 0.254 e. The second-order valence-corrected chi connectivity index (χ2v) is 5.89. The van der Waals surface area contributed by atoms with Crippen molar-refractivity contribution in [1.82, 2.24) is 10.2 Å². The molecule has 2 aliphatic heterocycles. The molecular formula is C14H26N2O2. The van der Waals surface area contributed by atoms with Gasteiger partial charge in [-0.25, -0.2) is 0 Å². The molecule has 4 heteroatoms. The first kappa shape index (κ1) is 13.8. The summed E-state index contributed by atoms with van der Waals surface area (Å²) in [6.07, 6.45) is 5.49. The molecule has 1 unspecified atom stereocenters. The van der Waals surface area contributed by atoms with E-state index in [2.05, 4.69) is 5.32 Å². The van der Waals surface area contributed by atoms with Crippen molar-refractivity contribution in [3.05, 3.63) is 0 Å². The molecule has 2 aliphatic rings. The summed E-state index contributed by atoms with van der Waals surface area (Å²) in [5.74, 6) is 0.938. The van der Waals surface area contributed by atoms with Crippen molar-refractivity contribution >= 4 is 5.91 Å². The molecule has 2 rings (SSSR count). The van der Waals surface area contributed by atoms with Crippen molar-refractivity contribution in [2.45, 2.75) is 44.6 Å². The van der Waals surface area contributed by atoms with Gasteiger partial charge in [-0.15, -0.1) is 0 Å². The van der Waals surface area contributed by atoms with Crippen LogP contribution in [0.5, 0.6) is 0 Å². The number of rotatable bonds is 4. The normalized spacial score (nSPS) is 29.4. The van der Waals surface area contributed by atoms with Gasteiger partial charge in [-0.2, -0.15) is 0 Å². The maximum atomic E-state index is 12.3. The van der Waals surface area contributed by atoms with Crippen LogP contribution in [0.15, 0.2) is 0 Å². The number of hydrogen-bond donors (Lipinski definition) is 1. The van der Waals surface area contributed by atoms with Gasteiger partial charge in [-0.1, -0.05) is 0 Å². The van der Waals surface area contributed by atoms with Gasteiger partial charge in [-0.3, -0.25) is 4.79 Å². The van der Waals surface area contributed by atoms with Gasteiger partial charge >= 0.3 is 0 Å². The standard InChI is InChI=1S/C14H26N2O2/c1-14(7-3-11-18-14)13(17)16(2)10-6-12-4-8-15-9-5-12/h12,15H,3-11H2,1-2H3. The second kappa shape index (κ2) is 6.02. The van der Waals surface area contributed by atoms with Crippen LogP contribution in [0.4, 0.5) is 0 Å². The van der Waals surface area contributed by atoms with Crippen molar-refractivity contribution in [3.8, 4) is 0 Å². The predicted octanol–water partition coefficient (Wildman–Crippen LogP) is 1.40. The third-order valence-electron chi connectivity index (χ3n) is 4.35. The SMILES string of the molecule is CN(CCC1CCNCC1)C(=O)C1(C)CCCO1. The van der Waals surface area contributed by atoms with Gasteiger partial charge in [0.25, 0.3) is 5.91 Å². The van der Waals surface area contributed by atoms with E-state index in [9.17, 15) is 4.79 Å². The summed E-state index contributed by atoms with van der Waals surface area (Å²) in [5, 5.41) is 3.38. The maximum absolute atomic E-state index is 12.3. The molecule has 0 bridgehead atoms. The first-order chi connectivity index (χ1) is 8.62. The summed E-state index contributed by atoms with van der Waals surface area (Å²) >= 11 is 0. The molecule has 1 atom stereocenters. The van der Waals surface area contributed by atoms with E-state index < -0.39 is 5.60 Å². The van der Waals surface area contributed by atoms with Crippen molar-refractivity contribution in [2.75, 3.05) is 33.3 Å². The Bertz CT molecular complexity index is 282. The van der Waals surface area contributed by atoms with Gasteiger partial charge in [0, 0.05) is 20.2 Å². The van der Waals surface area contributed by atoms with Crippen molar-refractivity contribution < 1.29 is 9.53 Å². The topological polar surface area (TPSA) is 41.6 Å². The van der Waals surface area contributed by atoms with Crippen LogP contribution in [-0.2, 0) is 9.53 Å². The summed E-state index contributed by atoms with van der Waals surface area (Å²) in [4.78, 5) is 14.2. The lowest BCUT2D eigenvalue weighted by molar-refractivity contribution is -0.149. The number of nitrogens with one attached hydrogen (secondary N) is 1. The van der Waals surface area contributed by atoms with E-state index in [1.165, 1.54) is 12.8 Å². The number of nitrogens with zero attached hydrogens (tertiary/aromatic N) is 1. The molecule has 2 fully saturated rings. The highest BCUT2D eigenvalue weighted by molar-refractivity contribution is 5.84. The Morgan fingerprint density at radius 1 is 1.44 bits per heavy atom. The van der Waals surface area contributed by atoms with E-state index >= 15 is 0 Å². The minimum absolute atomic E-state index is 0.161. The summed E-state index contributed by atoms with van der Waals surface area (Å²) < 4.78 is 5.61. The van der Waals surface area contributed by atoms with E-state index in [0.29, 0.717) is 0 Å². The minimum atomic E-state index is -0.553. The van der Waals surface area contributed by atoms with Crippen molar-refractivity contribution in [2.24, 2.45) is 5.92 Å². The van der Waals surface area contributed by atoms with Crippen LogP contribution < -0.4 is 5.32 Å². The number of ether oxygens (including phenoxy) is 1. The van der Waals surface area contributed by atoms with Crippen LogP contribution in [0.2, 0.25) is 0 Å². The number of piperidine rings is 1. The fourth-order valence-corrected chi connectivity index (χ4v) is 3.00. The second-order valence-electron chi connectivity index (χ2n) is 5.89. The van der Waals surface area contributed by atoms with Crippen LogP contribution in [-0.4, -0.2) is 49.7 Å². The highest BCUT2D eigenvalue weighted by Crippen LogP contribution is 2.27. The molecule has 0 spiro atoms. The molecule has 4 nitrogen and oxygen atoms in total. The van der Waals surface area contributed by atoms with Gasteiger partial charge in [0.15, 0.2) is 0 Å². The van der Waals surface area contributed by atoms with E-state index in [-0.39, 0.29) is 5.91 Å². The van der Waals surface area contributed by atoms with Crippen LogP contribution in [0.25, 0.3) is 0 Å². The zero-order chi connectivity index (χ0) is 13.0. The average Bonchev–Trinajstić information content (AvgIpc) is 2.84. The lowest BCUT2D eigenvalue weighted by Crippen LogP contribution is -2.45. The largest absolute Gasteiger partial charge is 0.365 e. The molecule has 2 saturated heterocycles. The predicted molar refractivity (Wildman–Crippen MR) is 71.4 cm³/mol. The fourth-order valence-electron chi connectivity index (χ4n) is 3.00. The summed E-state index contributed by atoms with van der Waals surface area (Å²) in [6.45, 7) is 5.78. The summed E-state index contributed by atoms with van der Waals surface area (Å²) in [7, 11) is 1.91. The lowest BCUT2D eigenvalue weighted by Gasteiger charge is -2.30. The first-order valence-electron chi connectivity index (χ1n) is 7.22. The Morgan fingerprint density at radius 2 is 2.17 bits per heavy atom. The molecule has 104 valence electrons. The van der Waals surface area contributed by atoms with E-state index in [1.807, 2.05) is 18.9 Å². The van der Waals surface area contributed by atoms with Gasteiger partial charge in [0.05, 0.1) is 0 Å². The van der Waals surface area contributed by atoms with Crippen molar-refractivity contribution in [3.63, 3.8) is 0 Å². The molecule has 18 heavy (non-hydrogen) atoms. The quantitative estimate of drug-likeness (QED) is 0.824. The zero-order valence-electron chi connectivity index (χ0n) is 11.7. The molecule has 1 N–H and O–H groups in total. The van der Waals surface area contributed by atoms with Crippen LogP contribution >= 0.6 is 0 Å². The van der Waals surface area contributed by atoms with Crippen LogP contribution in [0.3, 0.4) is 0 Å². The molecular weight excluding hydrogens is 228 g/mol. The Balaban J connectivity index is 1.76. The Labute approximate surface area is 110 Å². The molecule has 0 saturated carbocycles. The number of likely N-dealkylation sites (N-methyl/N-ethyl adjacent to an activating group) is 1. The maximum Gasteiger partial charge on any atom is 0.254 e. The highest BCUT2D eigenvalue weighted by Gasteiger charge is 2.39. The Hall–Kier alpha value is -0.610. The molecule has 0 radical (unpaired) electrons. The molecule has 0 aromatic rings. The van der Waals surface area contributed by atoms with Crippen LogP contribution in [0.1, 0.15) is 39.0 Å². The highest BCUT2D eigenvalue weighted by atomic mass is 16.5. The lowest BCUT2D eigenvalue weighted by atomic mass is 9.94. The van der Waals surface area contributed by atoms with Gasteiger partial charge in [-0.05, 0) is 58.0 Å². The third kappa shape index (κ3) is 3.23. The number of carbonyl (C=O) groups excluding carboxylic acids is 1. The minimum Gasteiger partial charge on any atom is -0.365 e. The van der Waals surface area contributed by atoms with Gasteiger partial charge in [0.2, 0.25) is 0 Å². The number of hydrogen-bond acceptors (Lipinski definition) is 3. The molecule has 0 aliphatic carbocycles. The van der Waals surface area contributed by atoms with E-state index in [1.54, 1.807) is 0 Å². The van der Waals surface area contributed by atoms with E-state index in [4.69, 9.17) is 4.74 Å². The van der Waals surface area contributed by atoms with Crippen molar-refractivity contribution in [1.29, 1.82) is 0 Å². The molecule has 2 heterocycles. The molecule has 0 aromatic carbocycles. The summed E-state index contributed by atoms with van der Waals surface area (Å²) in [5.41, 5.74) is -0.553. The summed E-state index contributed by atoms with van der Waals surface area (Å²) in [6, 6.07) is 0. The number of carbonyl (C=O) groups is 1. The van der Waals surface area contributed by atoms with Gasteiger partial charge < -0.3 is 15.0 Å². The van der Waals surface area contributed by atoms with Gasteiger partial charge in [0.1, 0.15) is 5.60 Å². The molecule has 0 aromatic heterocycles. The first-order valence-corrected chi connectivity index (χ1v) is 7.22. The zero-order valence-corrected chi connectivity index (χ0v) is 11.7. The number of amides is 1. The molecule has 1 amide bonds. The third-order valence-corrected chi connectivity index (χ3v) is 4.35. The Morgan fingerprint density at radius 3 is 2.78 bits per heavy atom. The monoisotopic (exact) mass is 254 g/mol. The van der Waals surface area contributed by atoms with E-state index in [0.717, 1.165) is 51.4 Å². The average molecular weight is 254 g/mol. The Kier molecular flexibility index (Phi) is 4.62.